The summed E-state index contributed by atoms with van der Waals surface area (Å²) in [7, 11) is 0. The maximum Gasteiger partial charge on any atom is 0.411 e. The summed E-state index contributed by atoms with van der Waals surface area (Å²) in [5.74, 6) is -1.77. The third kappa shape index (κ3) is 15.0. The highest BCUT2D eigenvalue weighted by Gasteiger charge is 2.38. The first-order valence-corrected chi connectivity index (χ1v) is 13.4. The molecular formula is C25H49ClN4O8. The summed E-state index contributed by atoms with van der Waals surface area (Å²) in [5, 5.41) is 21.0. The van der Waals surface area contributed by atoms with Crippen molar-refractivity contribution in [3.8, 4) is 0 Å². The van der Waals surface area contributed by atoms with Gasteiger partial charge >= 0.3 is 18.0 Å². The van der Waals surface area contributed by atoms with Crippen molar-refractivity contribution < 1.29 is 39.0 Å². The molecule has 0 aromatic heterocycles. The summed E-state index contributed by atoms with van der Waals surface area (Å²) >= 11 is 0. The predicted octanol–water partition coefficient (Wildman–Crippen LogP) is 3.10. The van der Waals surface area contributed by atoms with E-state index in [-0.39, 0.29) is 31.0 Å². The minimum atomic E-state index is -1.00. The lowest BCUT2D eigenvalue weighted by Gasteiger charge is -2.38. The van der Waals surface area contributed by atoms with E-state index in [0.29, 0.717) is 32.4 Å². The zero-order valence-electron chi connectivity index (χ0n) is 23.5. The molecule has 0 radical (unpaired) electrons. The molecule has 0 aliphatic carbocycles. The SMILES string of the molecule is CCCCON[C@@H]1CC[C@@H](C(=O)O)N(C(=O)OC(C)(C)C)C1.CCCCON[C@@H]1CC[C@@H](C(=O)O)NC1.Cl. The molecule has 0 aromatic carbocycles. The van der Waals surface area contributed by atoms with Crippen LogP contribution in [0.2, 0.25) is 0 Å². The second kappa shape index (κ2) is 19.4. The number of unbranched alkanes of at least 4 members (excludes halogenated alkanes) is 2. The normalized spacial score (nSPS) is 23.4. The van der Waals surface area contributed by atoms with E-state index in [1.165, 1.54) is 4.90 Å². The molecule has 2 aliphatic rings. The van der Waals surface area contributed by atoms with E-state index in [4.69, 9.17) is 19.5 Å². The van der Waals surface area contributed by atoms with Gasteiger partial charge in [-0.25, -0.2) is 9.59 Å². The fourth-order valence-corrected chi connectivity index (χ4v) is 3.80. The number of carbonyl (C=O) groups excluding carboxylic acids is 1. The van der Waals surface area contributed by atoms with E-state index in [1.54, 1.807) is 20.8 Å². The van der Waals surface area contributed by atoms with Crippen LogP contribution in [0.15, 0.2) is 0 Å². The fourth-order valence-electron chi connectivity index (χ4n) is 3.80. The van der Waals surface area contributed by atoms with Gasteiger partial charge in [-0.05, 0) is 59.3 Å². The molecule has 0 bridgehead atoms. The molecule has 224 valence electrons. The van der Waals surface area contributed by atoms with Crippen LogP contribution in [0, 0.1) is 0 Å². The van der Waals surface area contributed by atoms with Gasteiger partial charge in [0.25, 0.3) is 0 Å². The Bertz CT molecular complexity index is 687. The lowest BCUT2D eigenvalue weighted by molar-refractivity contribution is -0.145. The number of rotatable bonds is 12. The van der Waals surface area contributed by atoms with E-state index >= 15 is 0 Å². The minimum absolute atomic E-state index is 0. The predicted molar refractivity (Wildman–Crippen MR) is 145 cm³/mol. The van der Waals surface area contributed by atoms with Crippen molar-refractivity contribution in [3.63, 3.8) is 0 Å². The van der Waals surface area contributed by atoms with Crippen molar-refractivity contribution in [1.29, 1.82) is 0 Å². The summed E-state index contributed by atoms with van der Waals surface area (Å²) < 4.78 is 5.30. The minimum Gasteiger partial charge on any atom is -0.480 e. The van der Waals surface area contributed by atoms with Crippen LogP contribution in [0.3, 0.4) is 0 Å². The molecule has 0 saturated carbocycles. The number of hydroxylamine groups is 2. The number of aliphatic carboxylic acids is 2. The van der Waals surface area contributed by atoms with Gasteiger partial charge in [-0.15, -0.1) is 12.4 Å². The van der Waals surface area contributed by atoms with E-state index in [1.807, 2.05) is 0 Å². The highest BCUT2D eigenvalue weighted by molar-refractivity contribution is 5.85. The van der Waals surface area contributed by atoms with E-state index in [2.05, 4.69) is 30.1 Å². The maximum absolute atomic E-state index is 12.2. The highest BCUT2D eigenvalue weighted by Crippen LogP contribution is 2.21. The summed E-state index contributed by atoms with van der Waals surface area (Å²) in [6.07, 6.45) is 6.08. The molecule has 2 heterocycles. The third-order valence-electron chi connectivity index (χ3n) is 5.91. The molecule has 5 N–H and O–H groups in total. The van der Waals surface area contributed by atoms with E-state index in [9.17, 15) is 19.5 Å². The number of hydrogen-bond acceptors (Lipinski definition) is 9. The van der Waals surface area contributed by atoms with Crippen LogP contribution in [-0.4, -0.2) is 89.2 Å². The van der Waals surface area contributed by atoms with Gasteiger partial charge in [0.05, 0.1) is 19.3 Å². The number of carbonyl (C=O) groups is 3. The monoisotopic (exact) mass is 568 g/mol. The standard InChI is InChI=1S/C15H28N2O5.C10H20N2O3.ClH/c1-5-6-9-21-16-11-7-8-12(13(18)19)17(10-11)14(20)22-15(2,3)4;1-2-3-6-15-12-8-4-5-9(10(13)14)11-7-8;/h11-12,16H,5-10H2,1-4H3,(H,18,19);8-9,11-12H,2-7H2,1H3,(H,13,14);1H/t11-,12+;8-,9+;/m11./s1. The number of hydrogen-bond donors (Lipinski definition) is 5. The molecule has 0 unspecified atom stereocenters. The summed E-state index contributed by atoms with van der Waals surface area (Å²) in [5.41, 5.74) is 5.23. The summed E-state index contributed by atoms with van der Waals surface area (Å²) in [6.45, 7) is 11.7. The lowest BCUT2D eigenvalue weighted by atomic mass is 9.99. The van der Waals surface area contributed by atoms with Crippen molar-refractivity contribution in [1.82, 2.24) is 21.2 Å². The molecule has 1 amide bonds. The Hall–Kier alpha value is -1.70. The largest absolute Gasteiger partial charge is 0.480 e. The second-order valence-electron chi connectivity index (χ2n) is 10.5. The molecular weight excluding hydrogens is 520 g/mol. The zero-order chi connectivity index (χ0) is 27.8. The highest BCUT2D eigenvalue weighted by atomic mass is 35.5. The molecule has 2 saturated heterocycles. The van der Waals surface area contributed by atoms with Crippen molar-refractivity contribution in [3.05, 3.63) is 0 Å². The van der Waals surface area contributed by atoms with Crippen LogP contribution in [0.5, 0.6) is 0 Å². The van der Waals surface area contributed by atoms with Gasteiger partial charge in [0.1, 0.15) is 17.7 Å². The van der Waals surface area contributed by atoms with Crippen molar-refractivity contribution in [2.75, 3.05) is 26.3 Å². The number of halogens is 1. The molecule has 38 heavy (non-hydrogen) atoms. The zero-order valence-corrected chi connectivity index (χ0v) is 24.3. The molecule has 13 heteroatoms. The second-order valence-corrected chi connectivity index (χ2v) is 10.5. The Morgan fingerprint density at radius 1 is 0.895 bits per heavy atom. The molecule has 4 atom stereocenters. The molecule has 2 fully saturated rings. The van der Waals surface area contributed by atoms with Gasteiger partial charge in [-0.3, -0.25) is 9.69 Å². The topological polar surface area (TPSA) is 159 Å². The fraction of sp³-hybridized carbons (Fsp3) is 0.880. The van der Waals surface area contributed by atoms with Crippen molar-refractivity contribution >= 4 is 30.4 Å². The first-order chi connectivity index (χ1) is 17.5. The van der Waals surface area contributed by atoms with Crippen LogP contribution in [0.4, 0.5) is 4.79 Å². The Morgan fingerprint density at radius 2 is 1.45 bits per heavy atom. The lowest BCUT2D eigenvalue weighted by Crippen LogP contribution is -2.56. The molecule has 0 aromatic rings. The maximum atomic E-state index is 12.2. The number of likely N-dealkylation sites (tertiary alicyclic amines) is 1. The van der Waals surface area contributed by atoms with Crippen LogP contribution in [0.25, 0.3) is 0 Å². The van der Waals surface area contributed by atoms with Crippen LogP contribution >= 0.6 is 12.4 Å². The Morgan fingerprint density at radius 3 is 1.89 bits per heavy atom. The summed E-state index contributed by atoms with van der Waals surface area (Å²) in [6, 6.07) is -1.08. The quantitative estimate of drug-likeness (QED) is 0.174. The Balaban J connectivity index is 0.000000750. The number of carboxylic acid groups (broad SMARTS) is 2. The average molecular weight is 569 g/mol. The Kier molecular flexibility index (Phi) is 18.5. The van der Waals surface area contributed by atoms with Crippen LogP contribution < -0.4 is 16.3 Å². The van der Waals surface area contributed by atoms with Gasteiger partial charge in [-0.2, -0.15) is 11.0 Å². The first kappa shape index (κ1) is 36.3. The number of piperidine rings is 2. The number of amides is 1. The number of ether oxygens (including phenoxy) is 1. The summed E-state index contributed by atoms with van der Waals surface area (Å²) in [4.78, 5) is 46.1. The van der Waals surface area contributed by atoms with Crippen molar-refractivity contribution in [2.24, 2.45) is 0 Å². The number of carboxylic acids is 2. The van der Waals surface area contributed by atoms with Gasteiger partial charge < -0.3 is 29.9 Å². The average Bonchev–Trinajstić information content (AvgIpc) is 2.84. The molecule has 2 aliphatic heterocycles. The van der Waals surface area contributed by atoms with Gasteiger partial charge in [0, 0.05) is 19.1 Å². The van der Waals surface area contributed by atoms with Crippen LogP contribution in [0.1, 0.15) is 86.0 Å². The smallest absolute Gasteiger partial charge is 0.411 e. The van der Waals surface area contributed by atoms with E-state index in [0.717, 1.165) is 38.7 Å². The van der Waals surface area contributed by atoms with E-state index < -0.39 is 35.7 Å². The van der Waals surface area contributed by atoms with Crippen molar-refractivity contribution in [2.45, 2.75) is 116 Å². The molecule has 2 rings (SSSR count). The van der Waals surface area contributed by atoms with Crippen LogP contribution in [-0.2, 0) is 24.0 Å². The Labute approximate surface area is 232 Å². The molecule has 0 spiro atoms. The van der Waals surface area contributed by atoms with Gasteiger partial charge in [0.15, 0.2) is 0 Å². The number of nitrogens with zero attached hydrogens (tertiary/aromatic N) is 1. The number of nitrogens with one attached hydrogen (secondary N) is 3. The third-order valence-corrected chi connectivity index (χ3v) is 5.91. The first-order valence-electron chi connectivity index (χ1n) is 13.4. The molecule has 12 nitrogen and oxygen atoms in total. The van der Waals surface area contributed by atoms with Gasteiger partial charge in [-0.1, -0.05) is 26.7 Å². The van der Waals surface area contributed by atoms with Gasteiger partial charge in [0.2, 0.25) is 0 Å².